The molecule has 2 aliphatic heterocycles. The zero-order valence-corrected chi connectivity index (χ0v) is 10.9. The third kappa shape index (κ3) is 2.76. The number of hydrogen-bond acceptors (Lipinski definition) is 3. The predicted octanol–water partition coefficient (Wildman–Crippen LogP) is 1.48. The Bertz CT molecular complexity index is 216. The van der Waals surface area contributed by atoms with Gasteiger partial charge in [-0.25, -0.2) is 0 Å². The molecule has 4 atom stereocenters. The van der Waals surface area contributed by atoms with Crippen LogP contribution in [0.15, 0.2) is 0 Å². The van der Waals surface area contributed by atoms with E-state index in [4.69, 9.17) is 4.74 Å². The first-order valence-electron chi connectivity index (χ1n) is 6.76. The Balaban J connectivity index is 1.90. The zero-order valence-electron chi connectivity index (χ0n) is 10.9. The molecule has 0 aromatic rings. The number of likely N-dealkylation sites (tertiary alicyclic amines) is 1. The molecule has 3 nitrogen and oxygen atoms in total. The van der Waals surface area contributed by atoms with Gasteiger partial charge in [0.05, 0.1) is 12.7 Å². The molecule has 0 radical (unpaired) electrons. The maximum absolute atomic E-state index is 5.86. The second kappa shape index (κ2) is 5.48. The molecule has 94 valence electrons. The lowest BCUT2D eigenvalue weighted by atomic mass is 9.91. The summed E-state index contributed by atoms with van der Waals surface area (Å²) in [6.45, 7) is 11.2. The van der Waals surface area contributed by atoms with E-state index in [1.165, 1.54) is 19.4 Å². The van der Waals surface area contributed by atoms with Crippen molar-refractivity contribution in [3.05, 3.63) is 0 Å². The monoisotopic (exact) mass is 226 g/mol. The molecule has 1 N–H and O–H groups in total. The van der Waals surface area contributed by atoms with Gasteiger partial charge in [-0.2, -0.15) is 0 Å². The summed E-state index contributed by atoms with van der Waals surface area (Å²) < 4.78 is 5.86. The fraction of sp³-hybridized carbons (Fsp3) is 1.00. The number of rotatable bonds is 2. The van der Waals surface area contributed by atoms with Crippen LogP contribution in [-0.2, 0) is 4.74 Å². The summed E-state index contributed by atoms with van der Waals surface area (Å²) >= 11 is 0. The maximum Gasteiger partial charge on any atom is 0.0852 e. The van der Waals surface area contributed by atoms with Crippen LogP contribution in [-0.4, -0.2) is 49.3 Å². The summed E-state index contributed by atoms with van der Waals surface area (Å²) in [6.07, 6.45) is 3.06. The van der Waals surface area contributed by atoms with Gasteiger partial charge in [0.2, 0.25) is 0 Å². The summed E-state index contributed by atoms with van der Waals surface area (Å²) in [5.41, 5.74) is 0. The normalized spacial score (nSPS) is 39.6. The van der Waals surface area contributed by atoms with Crippen LogP contribution in [0.2, 0.25) is 0 Å². The number of ether oxygens (including phenoxy) is 1. The first kappa shape index (κ1) is 12.3. The fourth-order valence-electron chi connectivity index (χ4n) is 3.14. The molecule has 2 fully saturated rings. The third-order valence-electron chi connectivity index (χ3n) is 4.21. The van der Waals surface area contributed by atoms with E-state index in [1.807, 2.05) is 0 Å². The molecule has 3 heteroatoms. The van der Waals surface area contributed by atoms with Crippen LogP contribution in [0.5, 0.6) is 0 Å². The number of hydrogen-bond donors (Lipinski definition) is 1. The van der Waals surface area contributed by atoms with Crippen molar-refractivity contribution in [1.82, 2.24) is 10.2 Å². The summed E-state index contributed by atoms with van der Waals surface area (Å²) in [6, 6.07) is 1.26. The van der Waals surface area contributed by atoms with E-state index in [1.54, 1.807) is 0 Å². The molecule has 4 unspecified atom stereocenters. The van der Waals surface area contributed by atoms with Crippen LogP contribution >= 0.6 is 0 Å². The topological polar surface area (TPSA) is 24.5 Å². The minimum absolute atomic E-state index is 0.379. The van der Waals surface area contributed by atoms with Crippen molar-refractivity contribution in [2.24, 2.45) is 5.92 Å². The molecule has 2 saturated heterocycles. The van der Waals surface area contributed by atoms with E-state index in [0.29, 0.717) is 18.2 Å². The highest BCUT2D eigenvalue weighted by molar-refractivity contribution is 4.86. The minimum atomic E-state index is 0.379. The van der Waals surface area contributed by atoms with E-state index in [9.17, 15) is 0 Å². The van der Waals surface area contributed by atoms with E-state index in [0.717, 1.165) is 25.6 Å². The molecule has 2 aliphatic rings. The minimum Gasteiger partial charge on any atom is -0.374 e. The van der Waals surface area contributed by atoms with Crippen molar-refractivity contribution in [3.63, 3.8) is 0 Å². The van der Waals surface area contributed by atoms with Crippen molar-refractivity contribution < 1.29 is 4.74 Å². The lowest BCUT2D eigenvalue weighted by Crippen LogP contribution is -2.55. The van der Waals surface area contributed by atoms with Crippen molar-refractivity contribution >= 4 is 0 Å². The van der Waals surface area contributed by atoms with Crippen molar-refractivity contribution in [3.8, 4) is 0 Å². The van der Waals surface area contributed by atoms with Gasteiger partial charge in [0.15, 0.2) is 0 Å². The quantitative estimate of drug-likeness (QED) is 0.772. The van der Waals surface area contributed by atoms with E-state index >= 15 is 0 Å². The van der Waals surface area contributed by atoms with Gasteiger partial charge in [-0.3, -0.25) is 4.90 Å². The molecule has 2 heterocycles. The highest BCUT2D eigenvalue weighted by Crippen LogP contribution is 2.25. The number of piperidine rings is 1. The van der Waals surface area contributed by atoms with Crippen molar-refractivity contribution in [2.45, 2.75) is 51.8 Å². The Morgan fingerprint density at radius 1 is 1.38 bits per heavy atom. The van der Waals surface area contributed by atoms with Crippen LogP contribution in [0.25, 0.3) is 0 Å². The lowest BCUT2D eigenvalue weighted by Gasteiger charge is -2.44. The molecule has 0 aliphatic carbocycles. The molecule has 0 saturated carbocycles. The van der Waals surface area contributed by atoms with Crippen LogP contribution in [0.4, 0.5) is 0 Å². The second-order valence-electron chi connectivity index (χ2n) is 5.57. The molecule has 16 heavy (non-hydrogen) atoms. The smallest absolute Gasteiger partial charge is 0.0852 e. The molecular weight excluding hydrogens is 200 g/mol. The average molecular weight is 226 g/mol. The van der Waals surface area contributed by atoms with Gasteiger partial charge in [0.1, 0.15) is 0 Å². The van der Waals surface area contributed by atoms with E-state index in [-0.39, 0.29) is 0 Å². The van der Waals surface area contributed by atoms with Gasteiger partial charge < -0.3 is 10.1 Å². The molecule has 0 spiro atoms. The molecule has 0 bridgehead atoms. The van der Waals surface area contributed by atoms with Gasteiger partial charge >= 0.3 is 0 Å². The lowest BCUT2D eigenvalue weighted by molar-refractivity contribution is -0.0462. The van der Waals surface area contributed by atoms with Crippen molar-refractivity contribution in [1.29, 1.82) is 0 Å². The Morgan fingerprint density at radius 2 is 2.19 bits per heavy atom. The second-order valence-corrected chi connectivity index (χ2v) is 5.57. The Labute approximate surface area is 99.5 Å². The standard InChI is InChI=1S/C13H26N2O/c1-10-4-6-15(11(2)8-10)12(3)13-9-14-5-7-16-13/h10-14H,4-9H2,1-3H3. The number of nitrogens with one attached hydrogen (secondary N) is 1. The Hall–Kier alpha value is -0.120. The maximum atomic E-state index is 5.86. The molecular formula is C13H26N2O. The van der Waals surface area contributed by atoms with Gasteiger partial charge in [-0.05, 0) is 39.2 Å². The summed E-state index contributed by atoms with van der Waals surface area (Å²) in [4.78, 5) is 2.64. The third-order valence-corrected chi connectivity index (χ3v) is 4.21. The molecule has 0 amide bonds. The summed E-state index contributed by atoms with van der Waals surface area (Å²) in [5.74, 6) is 0.892. The van der Waals surface area contributed by atoms with Crippen molar-refractivity contribution in [2.75, 3.05) is 26.2 Å². The van der Waals surface area contributed by atoms with Gasteiger partial charge in [-0.15, -0.1) is 0 Å². The Morgan fingerprint density at radius 3 is 2.81 bits per heavy atom. The number of morpholine rings is 1. The predicted molar refractivity (Wildman–Crippen MR) is 66.6 cm³/mol. The van der Waals surface area contributed by atoms with E-state index in [2.05, 4.69) is 31.0 Å². The number of nitrogens with zero attached hydrogens (tertiary/aromatic N) is 1. The Kier molecular flexibility index (Phi) is 4.22. The molecule has 0 aromatic heterocycles. The summed E-state index contributed by atoms with van der Waals surface area (Å²) in [5, 5.41) is 3.43. The molecule has 2 rings (SSSR count). The first-order chi connectivity index (χ1) is 7.68. The molecule has 0 aromatic carbocycles. The van der Waals surface area contributed by atoms with Crippen LogP contribution in [0, 0.1) is 5.92 Å². The highest BCUT2D eigenvalue weighted by atomic mass is 16.5. The van der Waals surface area contributed by atoms with Crippen LogP contribution < -0.4 is 5.32 Å². The zero-order chi connectivity index (χ0) is 11.5. The van der Waals surface area contributed by atoms with Gasteiger partial charge in [0.25, 0.3) is 0 Å². The van der Waals surface area contributed by atoms with Crippen LogP contribution in [0.3, 0.4) is 0 Å². The SMILES string of the molecule is CC1CCN(C(C)C2CNCCO2)C(C)C1. The first-order valence-corrected chi connectivity index (χ1v) is 6.76. The van der Waals surface area contributed by atoms with E-state index < -0.39 is 0 Å². The largest absolute Gasteiger partial charge is 0.374 e. The fourth-order valence-corrected chi connectivity index (χ4v) is 3.14. The highest BCUT2D eigenvalue weighted by Gasteiger charge is 2.31. The average Bonchev–Trinajstić information content (AvgIpc) is 2.29. The van der Waals surface area contributed by atoms with Crippen LogP contribution in [0.1, 0.15) is 33.6 Å². The van der Waals surface area contributed by atoms with Gasteiger partial charge in [-0.1, -0.05) is 6.92 Å². The summed E-state index contributed by atoms with van der Waals surface area (Å²) in [7, 11) is 0. The van der Waals surface area contributed by atoms with Gasteiger partial charge in [0, 0.05) is 25.2 Å².